The number of hydrogen-bond acceptors (Lipinski definition) is 5. The van der Waals surface area contributed by atoms with Gasteiger partial charge in [0.1, 0.15) is 23.9 Å². The molecule has 4 aromatic rings. The Bertz CT molecular complexity index is 1270. The molecule has 5 rings (SSSR count). The van der Waals surface area contributed by atoms with Gasteiger partial charge < -0.3 is 14.9 Å². The molecule has 0 radical (unpaired) electrons. The highest BCUT2D eigenvalue weighted by Gasteiger charge is 2.21. The lowest BCUT2D eigenvalue weighted by Gasteiger charge is -2.26. The van der Waals surface area contributed by atoms with Gasteiger partial charge >= 0.3 is 0 Å². The Labute approximate surface area is 212 Å². The van der Waals surface area contributed by atoms with Crippen LogP contribution in [0.3, 0.4) is 0 Å². The third-order valence-corrected chi connectivity index (χ3v) is 6.82. The summed E-state index contributed by atoms with van der Waals surface area (Å²) in [5.41, 5.74) is 5.82. The average Bonchev–Trinajstić information content (AvgIpc) is 3.30. The Kier molecular flexibility index (Phi) is 7.23. The summed E-state index contributed by atoms with van der Waals surface area (Å²) in [5.74, 6) is 1.31. The quantitative estimate of drug-likeness (QED) is 0.320. The first-order valence-corrected chi connectivity index (χ1v) is 12.8. The summed E-state index contributed by atoms with van der Waals surface area (Å²) in [5, 5.41) is 24.6. The Morgan fingerprint density at radius 2 is 1.39 bits per heavy atom. The van der Waals surface area contributed by atoms with Crippen molar-refractivity contribution in [3.63, 3.8) is 0 Å². The van der Waals surface area contributed by atoms with Crippen LogP contribution in [0.1, 0.15) is 31.7 Å². The number of aromatic nitrogens is 2. The lowest BCUT2D eigenvalue weighted by atomic mass is 9.99. The second kappa shape index (κ2) is 10.9. The number of phenols is 2. The van der Waals surface area contributed by atoms with Crippen LogP contribution in [0.4, 0.5) is 0 Å². The molecule has 2 heterocycles. The Balaban J connectivity index is 1.46. The predicted octanol–water partition coefficient (Wildman–Crippen LogP) is 6.04. The fraction of sp³-hybridized carbons (Fsp3) is 0.300. The number of piperidine rings is 1. The highest BCUT2D eigenvalue weighted by atomic mass is 16.5. The summed E-state index contributed by atoms with van der Waals surface area (Å²) < 4.78 is 8.00. The van der Waals surface area contributed by atoms with E-state index in [1.54, 1.807) is 24.3 Å². The van der Waals surface area contributed by atoms with Gasteiger partial charge in [0.15, 0.2) is 0 Å². The Hall–Kier alpha value is -3.77. The third-order valence-electron chi connectivity index (χ3n) is 6.82. The van der Waals surface area contributed by atoms with E-state index in [0.29, 0.717) is 6.61 Å². The summed E-state index contributed by atoms with van der Waals surface area (Å²) >= 11 is 0. The molecule has 0 saturated carbocycles. The van der Waals surface area contributed by atoms with Gasteiger partial charge in [-0.25, -0.2) is 4.68 Å². The van der Waals surface area contributed by atoms with Crippen LogP contribution in [0.2, 0.25) is 0 Å². The van der Waals surface area contributed by atoms with Crippen molar-refractivity contribution in [1.29, 1.82) is 0 Å². The monoisotopic (exact) mass is 483 g/mol. The third kappa shape index (κ3) is 5.24. The lowest BCUT2D eigenvalue weighted by molar-refractivity contribution is 0.183. The minimum Gasteiger partial charge on any atom is -0.508 e. The number of nitrogens with zero attached hydrogens (tertiary/aromatic N) is 3. The van der Waals surface area contributed by atoms with Crippen molar-refractivity contribution in [3.05, 3.63) is 78.4 Å². The van der Waals surface area contributed by atoms with Crippen LogP contribution in [0.5, 0.6) is 17.2 Å². The van der Waals surface area contributed by atoms with Crippen molar-refractivity contribution < 1.29 is 14.9 Å². The minimum atomic E-state index is 0.228. The fourth-order valence-electron chi connectivity index (χ4n) is 4.90. The molecule has 186 valence electrons. The SMILES string of the molecule is CCc1c(-c2ccc(O)cc2)nn(-c2ccc(OCCN3CCCCC3)cc2)c1-c1ccc(O)cc1. The summed E-state index contributed by atoms with van der Waals surface area (Å²) in [6.07, 6.45) is 4.69. The summed E-state index contributed by atoms with van der Waals surface area (Å²) in [4.78, 5) is 2.47. The molecule has 6 nitrogen and oxygen atoms in total. The number of hydrogen-bond donors (Lipinski definition) is 2. The van der Waals surface area contributed by atoms with Crippen LogP contribution in [0.15, 0.2) is 72.8 Å². The molecule has 2 N–H and O–H groups in total. The Morgan fingerprint density at radius 3 is 2.00 bits per heavy atom. The van der Waals surface area contributed by atoms with Crippen molar-refractivity contribution in [2.24, 2.45) is 0 Å². The van der Waals surface area contributed by atoms with E-state index >= 15 is 0 Å². The predicted molar refractivity (Wildman–Crippen MR) is 143 cm³/mol. The standard InChI is InChI=1S/C30H33N3O3/c1-2-28-29(22-6-12-25(34)13-7-22)31-33(30(28)23-8-14-26(35)15-9-23)24-10-16-27(17-11-24)36-21-20-32-18-4-3-5-19-32/h6-17,34-35H,2-5,18-21H2,1H3. The zero-order valence-corrected chi connectivity index (χ0v) is 20.7. The van der Waals surface area contributed by atoms with Crippen molar-refractivity contribution in [2.75, 3.05) is 26.2 Å². The highest BCUT2D eigenvalue weighted by molar-refractivity contribution is 5.76. The fourth-order valence-corrected chi connectivity index (χ4v) is 4.90. The van der Waals surface area contributed by atoms with E-state index in [2.05, 4.69) is 11.8 Å². The topological polar surface area (TPSA) is 70.8 Å². The van der Waals surface area contributed by atoms with Crippen LogP contribution in [0, 0.1) is 0 Å². The number of rotatable bonds is 8. The maximum atomic E-state index is 9.85. The second-order valence-electron chi connectivity index (χ2n) is 9.28. The highest BCUT2D eigenvalue weighted by Crippen LogP contribution is 2.36. The first kappa shape index (κ1) is 23.9. The van der Waals surface area contributed by atoms with E-state index in [9.17, 15) is 10.2 Å². The molecule has 1 aromatic heterocycles. The second-order valence-corrected chi connectivity index (χ2v) is 9.28. The molecule has 6 heteroatoms. The van der Waals surface area contributed by atoms with Crippen molar-refractivity contribution in [1.82, 2.24) is 14.7 Å². The van der Waals surface area contributed by atoms with E-state index in [1.807, 2.05) is 53.2 Å². The van der Waals surface area contributed by atoms with Gasteiger partial charge in [-0.3, -0.25) is 4.90 Å². The van der Waals surface area contributed by atoms with E-state index in [-0.39, 0.29) is 11.5 Å². The van der Waals surface area contributed by atoms with Gasteiger partial charge in [0.05, 0.1) is 17.1 Å². The van der Waals surface area contributed by atoms with E-state index in [0.717, 1.165) is 52.5 Å². The van der Waals surface area contributed by atoms with Crippen LogP contribution in [0.25, 0.3) is 28.2 Å². The molecule has 1 aliphatic rings. The smallest absolute Gasteiger partial charge is 0.119 e. The summed E-state index contributed by atoms with van der Waals surface area (Å²) in [7, 11) is 0. The molecule has 0 spiro atoms. The van der Waals surface area contributed by atoms with E-state index < -0.39 is 0 Å². The lowest BCUT2D eigenvalue weighted by Crippen LogP contribution is -2.33. The molecule has 1 saturated heterocycles. The van der Waals surface area contributed by atoms with Gasteiger partial charge in [-0.05, 0) is 105 Å². The van der Waals surface area contributed by atoms with Gasteiger partial charge in [-0.15, -0.1) is 0 Å². The summed E-state index contributed by atoms with van der Waals surface area (Å²) in [6, 6.07) is 22.5. The van der Waals surface area contributed by atoms with Gasteiger partial charge in [0, 0.05) is 23.2 Å². The first-order chi connectivity index (χ1) is 17.6. The number of phenolic OH excluding ortho intramolecular Hbond substituents is 2. The molecule has 0 atom stereocenters. The maximum Gasteiger partial charge on any atom is 0.119 e. The molecule has 1 aliphatic heterocycles. The normalized spacial score (nSPS) is 14.1. The van der Waals surface area contributed by atoms with Crippen molar-refractivity contribution in [3.8, 4) is 45.5 Å². The van der Waals surface area contributed by atoms with Crippen molar-refractivity contribution in [2.45, 2.75) is 32.6 Å². The maximum absolute atomic E-state index is 9.85. The van der Waals surface area contributed by atoms with Crippen LogP contribution >= 0.6 is 0 Å². The van der Waals surface area contributed by atoms with Crippen molar-refractivity contribution >= 4 is 0 Å². The average molecular weight is 484 g/mol. The number of benzene rings is 3. The molecule has 0 aliphatic carbocycles. The van der Waals surface area contributed by atoms with Crippen LogP contribution < -0.4 is 4.74 Å². The van der Waals surface area contributed by atoms with Gasteiger partial charge in [0.25, 0.3) is 0 Å². The van der Waals surface area contributed by atoms with Crippen LogP contribution in [-0.4, -0.2) is 51.1 Å². The molecule has 0 amide bonds. The number of ether oxygens (including phenoxy) is 1. The van der Waals surface area contributed by atoms with E-state index in [1.165, 1.54) is 32.4 Å². The molecule has 3 aromatic carbocycles. The van der Waals surface area contributed by atoms with E-state index in [4.69, 9.17) is 9.84 Å². The van der Waals surface area contributed by atoms with Gasteiger partial charge in [0.2, 0.25) is 0 Å². The molecule has 0 unspecified atom stereocenters. The molecule has 0 bridgehead atoms. The Morgan fingerprint density at radius 1 is 0.778 bits per heavy atom. The van der Waals surface area contributed by atoms with Crippen LogP contribution in [-0.2, 0) is 6.42 Å². The van der Waals surface area contributed by atoms with Gasteiger partial charge in [-0.2, -0.15) is 5.10 Å². The van der Waals surface area contributed by atoms with Gasteiger partial charge in [-0.1, -0.05) is 13.3 Å². The number of aromatic hydroxyl groups is 2. The minimum absolute atomic E-state index is 0.228. The zero-order chi connectivity index (χ0) is 24.9. The summed E-state index contributed by atoms with van der Waals surface area (Å²) in [6.45, 7) is 6.11. The zero-order valence-electron chi connectivity index (χ0n) is 20.7. The molecular formula is C30H33N3O3. The number of likely N-dealkylation sites (tertiary alicyclic amines) is 1. The molecular weight excluding hydrogens is 450 g/mol. The molecule has 1 fully saturated rings. The first-order valence-electron chi connectivity index (χ1n) is 12.8. The molecule has 36 heavy (non-hydrogen) atoms. The largest absolute Gasteiger partial charge is 0.508 e.